The molecular formula is C18H41O2PS2Zn. The summed E-state index contributed by atoms with van der Waals surface area (Å²) in [5.41, 5.74) is -3.11. The van der Waals surface area contributed by atoms with Crippen LogP contribution in [0.15, 0.2) is 0 Å². The summed E-state index contributed by atoms with van der Waals surface area (Å²) in [7, 11) is 0. The average molecular weight is 450 g/mol. The Balaban J connectivity index is -0.000000128. The topological polar surface area (TPSA) is 40.5 Å². The second-order valence-corrected chi connectivity index (χ2v) is 10.8. The molecule has 0 aliphatic carbocycles. The van der Waals surface area contributed by atoms with Crippen LogP contribution < -0.4 is 0 Å². The predicted octanol–water partition coefficient (Wildman–Crippen LogP) is 7.26. The van der Waals surface area contributed by atoms with Crippen LogP contribution in [0.5, 0.6) is 0 Å². The summed E-state index contributed by atoms with van der Waals surface area (Å²) in [6, 6.07) is 0. The number of rotatable bonds is 12. The maximum absolute atomic E-state index is 7.87. The molecule has 0 aliphatic rings. The van der Waals surface area contributed by atoms with Gasteiger partial charge >= 0.3 is 19.5 Å². The van der Waals surface area contributed by atoms with E-state index < -0.39 is 5.69 Å². The van der Waals surface area contributed by atoms with E-state index in [1.165, 1.54) is 77.0 Å². The average Bonchev–Trinajstić information content (AvgIpc) is 2.46. The van der Waals surface area contributed by atoms with Crippen LogP contribution in [0.4, 0.5) is 0 Å². The van der Waals surface area contributed by atoms with Gasteiger partial charge < -0.3 is 23.6 Å². The molecule has 0 unspecified atom stereocenters. The first-order chi connectivity index (χ1) is 10.8. The van der Waals surface area contributed by atoms with Gasteiger partial charge in [-0.1, -0.05) is 103 Å². The molecule has 0 aliphatic heterocycles. The summed E-state index contributed by atoms with van der Waals surface area (Å²) in [6.07, 6.45) is 18.9. The SMILES string of the molecule is OP(O)(=S)S.[CH2-]CCCCCCCC.[CH2-]CCCCCCCC.[Zn+2]. The van der Waals surface area contributed by atoms with Gasteiger partial charge in [0.25, 0.3) is 0 Å². The fraction of sp³-hybridized carbons (Fsp3) is 0.889. The van der Waals surface area contributed by atoms with Crippen molar-refractivity contribution >= 4 is 29.7 Å². The van der Waals surface area contributed by atoms with Crippen LogP contribution in [0.2, 0.25) is 0 Å². The molecule has 0 radical (unpaired) electrons. The fourth-order valence-electron chi connectivity index (χ4n) is 1.91. The zero-order chi connectivity index (χ0) is 18.4. The van der Waals surface area contributed by atoms with Gasteiger partial charge in [0, 0.05) is 0 Å². The maximum Gasteiger partial charge on any atom is 2.00 e. The Hall–Kier alpha value is 1.54. The molecule has 0 fully saturated rings. The standard InChI is InChI=1S/2C9H19.H3O2PS2.Zn/c2*1-3-5-7-9-8-6-4-2;1-3(2,4)5;/h2*1,3-9H2,2H3;(H3,1,2,4,5);/q2*-1;;+2. The van der Waals surface area contributed by atoms with Crippen molar-refractivity contribution in [2.75, 3.05) is 0 Å². The van der Waals surface area contributed by atoms with Crippen molar-refractivity contribution in [3.63, 3.8) is 0 Å². The van der Waals surface area contributed by atoms with E-state index in [-0.39, 0.29) is 19.5 Å². The van der Waals surface area contributed by atoms with Crippen molar-refractivity contribution < 1.29 is 29.3 Å². The van der Waals surface area contributed by atoms with Crippen molar-refractivity contribution in [2.45, 2.75) is 104 Å². The van der Waals surface area contributed by atoms with Gasteiger partial charge in [-0.3, -0.25) is 0 Å². The van der Waals surface area contributed by atoms with Crippen molar-refractivity contribution in [1.82, 2.24) is 0 Å². The summed E-state index contributed by atoms with van der Waals surface area (Å²) in [5.74, 6) is 0. The van der Waals surface area contributed by atoms with Crippen molar-refractivity contribution in [3.8, 4) is 0 Å². The third-order valence-electron chi connectivity index (χ3n) is 3.21. The molecular weight excluding hydrogens is 409 g/mol. The minimum absolute atomic E-state index is 0. The first-order valence-corrected chi connectivity index (χ1v) is 13.1. The summed E-state index contributed by atoms with van der Waals surface area (Å²) in [5, 5.41) is 0. The van der Waals surface area contributed by atoms with E-state index in [4.69, 9.17) is 9.79 Å². The predicted molar refractivity (Wildman–Crippen MR) is 114 cm³/mol. The smallest absolute Gasteiger partial charge is 0.343 e. The zero-order valence-corrected chi connectivity index (χ0v) is 21.8. The zero-order valence-electron chi connectivity index (χ0n) is 16.2. The molecule has 0 amide bonds. The molecule has 2 nitrogen and oxygen atoms in total. The summed E-state index contributed by atoms with van der Waals surface area (Å²) in [4.78, 5) is 15.7. The minimum atomic E-state index is -3.11. The van der Waals surface area contributed by atoms with Crippen LogP contribution in [0.1, 0.15) is 104 Å². The molecule has 0 rings (SSSR count). The molecule has 0 aromatic carbocycles. The van der Waals surface area contributed by atoms with Crippen LogP contribution >= 0.6 is 17.9 Å². The molecule has 0 aromatic rings. The van der Waals surface area contributed by atoms with Gasteiger partial charge in [-0.15, -0.1) is 0 Å². The number of thiol groups is 1. The number of hydrogen-bond acceptors (Lipinski definition) is 1. The molecule has 0 aromatic heterocycles. The van der Waals surface area contributed by atoms with Gasteiger partial charge in [-0.2, -0.15) is 12.8 Å². The Morgan fingerprint density at radius 2 is 0.917 bits per heavy atom. The Morgan fingerprint density at radius 1 is 0.708 bits per heavy atom. The van der Waals surface area contributed by atoms with Gasteiger partial charge in [0.1, 0.15) is 0 Å². The first kappa shape index (κ1) is 33.2. The van der Waals surface area contributed by atoms with E-state index in [0.717, 1.165) is 12.8 Å². The van der Waals surface area contributed by atoms with Gasteiger partial charge in [0.15, 0.2) is 0 Å². The molecule has 144 valence electrons. The Bertz CT molecular complexity index is 205. The van der Waals surface area contributed by atoms with Gasteiger partial charge in [-0.05, 0) is 11.8 Å². The second kappa shape index (κ2) is 29.3. The molecule has 0 saturated heterocycles. The molecule has 6 heteroatoms. The Morgan fingerprint density at radius 3 is 1.12 bits per heavy atom. The van der Waals surface area contributed by atoms with Crippen LogP contribution in [0, 0.1) is 13.8 Å². The Kier molecular flexibility index (Phi) is 40.5. The summed E-state index contributed by atoms with van der Waals surface area (Å²) < 4.78 is 0. The summed E-state index contributed by atoms with van der Waals surface area (Å²) >= 11 is 7.07. The number of hydrogen-bond donors (Lipinski definition) is 3. The first-order valence-electron chi connectivity index (χ1n) is 9.20. The monoisotopic (exact) mass is 448 g/mol. The maximum atomic E-state index is 7.87. The van der Waals surface area contributed by atoms with Crippen LogP contribution in [0.25, 0.3) is 0 Å². The molecule has 0 bridgehead atoms. The minimum Gasteiger partial charge on any atom is -0.343 e. The summed E-state index contributed by atoms with van der Waals surface area (Å²) in [6.45, 7) is 12.1. The third kappa shape index (κ3) is 65.2. The van der Waals surface area contributed by atoms with E-state index in [1.807, 2.05) is 0 Å². The molecule has 0 heterocycles. The third-order valence-corrected chi connectivity index (χ3v) is 3.21. The van der Waals surface area contributed by atoms with E-state index in [2.05, 4.69) is 51.8 Å². The largest absolute Gasteiger partial charge is 2.00 e. The van der Waals surface area contributed by atoms with Crippen molar-refractivity contribution in [2.24, 2.45) is 0 Å². The fourth-order valence-corrected chi connectivity index (χ4v) is 1.91. The van der Waals surface area contributed by atoms with Crippen LogP contribution in [-0.2, 0) is 31.3 Å². The van der Waals surface area contributed by atoms with E-state index in [0.29, 0.717) is 0 Å². The Labute approximate surface area is 176 Å². The number of unbranched alkanes of at least 4 members (excludes halogenated alkanes) is 12. The molecule has 0 saturated carbocycles. The van der Waals surface area contributed by atoms with E-state index >= 15 is 0 Å². The molecule has 2 N–H and O–H groups in total. The van der Waals surface area contributed by atoms with Crippen LogP contribution in [0.3, 0.4) is 0 Å². The normalized spacial score (nSPS) is 9.96. The second-order valence-electron chi connectivity index (χ2n) is 5.76. The quantitative estimate of drug-likeness (QED) is 0.0964. The molecule has 24 heavy (non-hydrogen) atoms. The van der Waals surface area contributed by atoms with Gasteiger partial charge in [0.05, 0.1) is 0 Å². The van der Waals surface area contributed by atoms with E-state index in [1.54, 1.807) is 0 Å². The molecule has 0 atom stereocenters. The molecule has 0 spiro atoms. The van der Waals surface area contributed by atoms with Gasteiger partial charge in [-0.25, -0.2) is 0 Å². The van der Waals surface area contributed by atoms with E-state index in [9.17, 15) is 0 Å². The van der Waals surface area contributed by atoms with Crippen molar-refractivity contribution in [3.05, 3.63) is 13.8 Å². The van der Waals surface area contributed by atoms with Crippen molar-refractivity contribution in [1.29, 1.82) is 0 Å². The van der Waals surface area contributed by atoms with Gasteiger partial charge in [0.2, 0.25) is 5.69 Å². The van der Waals surface area contributed by atoms with Crippen LogP contribution in [-0.4, -0.2) is 9.79 Å².